The van der Waals surface area contributed by atoms with E-state index in [0.717, 1.165) is 16.8 Å². The first-order chi connectivity index (χ1) is 10.5. The molecule has 5 nitrogen and oxygen atoms in total. The summed E-state index contributed by atoms with van der Waals surface area (Å²) in [5, 5.41) is 26.7. The van der Waals surface area contributed by atoms with Crippen LogP contribution >= 0.6 is 12.2 Å². The van der Waals surface area contributed by atoms with Crippen LogP contribution in [-0.2, 0) is 0 Å². The molecular formula is C16H17N3O2S. The number of hydrogen-bond donors (Lipinski definition) is 3. The molecule has 0 radical (unpaired) electrons. The third kappa shape index (κ3) is 2.63. The minimum atomic E-state index is -0.666. The summed E-state index contributed by atoms with van der Waals surface area (Å²) >= 11 is 5.34. The van der Waals surface area contributed by atoms with Crippen molar-refractivity contribution in [1.82, 2.24) is 14.8 Å². The van der Waals surface area contributed by atoms with Gasteiger partial charge in [-0.25, -0.2) is 0 Å². The lowest BCUT2D eigenvalue weighted by molar-refractivity contribution is 0.219. The predicted octanol–water partition coefficient (Wildman–Crippen LogP) is 3.14. The standard InChI is InChI=1S/C16H17N3O2S/c1-9-5-10(2)7-11(6-9)19-15(17-18-16(19)22)13-4-3-12(20)8-14(13)21/h4-8,12,20-21H,3H2,1-2H3,(H,18,22). The van der Waals surface area contributed by atoms with Crippen molar-refractivity contribution in [2.24, 2.45) is 0 Å². The summed E-state index contributed by atoms with van der Waals surface area (Å²) in [6, 6.07) is 6.11. The number of benzene rings is 1. The molecule has 0 fully saturated rings. The lowest BCUT2D eigenvalue weighted by Gasteiger charge is -2.15. The summed E-state index contributed by atoms with van der Waals surface area (Å²) in [5.74, 6) is 0.550. The van der Waals surface area contributed by atoms with E-state index in [0.29, 0.717) is 22.6 Å². The van der Waals surface area contributed by atoms with E-state index in [9.17, 15) is 10.2 Å². The number of H-pyrrole nitrogens is 1. The van der Waals surface area contributed by atoms with E-state index < -0.39 is 6.10 Å². The number of rotatable bonds is 2. The molecule has 114 valence electrons. The van der Waals surface area contributed by atoms with E-state index in [1.54, 1.807) is 10.6 Å². The van der Waals surface area contributed by atoms with Crippen molar-refractivity contribution in [2.75, 3.05) is 0 Å². The van der Waals surface area contributed by atoms with Crippen LogP contribution in [0.5, 0.6) is 0 Å². The summed E-state index contributed by atoms with van der Waals surface area (Å²) in [7, 11) is 0. The Morgan fingerprint density at radius 3 is 2.59 bits per heavy atom. The fraction of sp³-hybridized carbons (Fsp3) is 0.250. The molecule has 1 aromatic carbocycles. The number of aromatic amines is 1. The molecule has 1 aliphatic rings. The van der Waals surface area contributed by atoms with Crippen LogP contribution in [0.25, 0.3) is 11.3 Å². The molecular weight excluding hydrogens is 298 g/mol. The second kappa shape index (κ2) is 5.55. The molecule has 2 aromatic rings. The molecule has 1 atom stereocenters. The third-order valence-corrected chi connectivity index (χ3v) is 3.84. The van der Waals surface area contributed by atoms with E-state index in [-0.39, 0.29) is 5.76 Å². The van der Waals surface area contributed by atoms with Crippen molar-refractivity contribution in [3.63, 3.8) is 0 Å². The lowest BCUT2D eigenvalue weighted by atomic mass is 10.0. The zero-order valence-corrected chi connectivity index (χ0v) is 13.2. The Kier molecular flexibility index (Phi) is 3.72. The van der Waals surface area contributed by atoms with Crippen LogP contribution in [0.2, 0.25) is 0 Å². The molecule has 0 spiro atoms. The zero-order chi connectivity index (χ0) is 15.9. The minimum absolute atomic E-state index is 0.0124. The second-order valence-electron chi connectivity index (χ2n) is 5.51. The molecule has 6 heteroatoms. The van der Waals surface area contributed by atoms with Gasteiger partial charge in [0.25, 0.3) is 0 Å². The van der Waals surface area contributed by atoms with Gasteiger partial charge in [-0.1, -0.05) is 12.1 Å². The van der Waals surface area contributed by atoms with Crippen molar-refractivity contribution in [3.8, 4) is 5.69 Å². The number of aliphatic hydroxyl groups excluding tert-OH is 2. The zero-order valence-electron chi connectivity index (χ0n) is 12.4. The highest BCUT2D eigenvalue weighted by Gasteiger charge is 2.20. The van der Waals surface area contributed by atoms with E-state index in [1.807, 2.05) is 26.0 Å². The van der Waals surface area contributed by atoms with Gasteiger partial charge in [0.2, 0.25) is 0 Å². The van der Waals surface area contributed by atoms with Crippen LogP contribution in [0, 0.1) is 18.6 Å². The molecule has 1 unspecified atom stereocenters. The normalized spacial score (nSPS) is 18.0. The average Bonchev–Trinajstić information content (AvgIpc) is 2.79. The average molecular weight is 315 g/mol. The first-order valence-electron chi connectivity index (χ1n) is 7.01. The van der Waals surface area contributed by atoms with Gasteiger partial charge in [-0.15, -0.1) is 0 Å². The smallest absolute Gasteiger partial charge is 0.200 e. The topological polar surface area (TPSA) is 74.1 Å². The monoisotopic (exact) mass is 315 g/mol. The van der Waals surface area contributed by atoms with Crippen molar-refractivity contribution >= 4 is 17.8 Å². The van der Waals surface area contributed by atoms with E-state index in [1.165, 1.54) is 6.08 Å². The van der Waals surface area contributed by atoms with Crippen molar-refractivity contribution in [2.45, 2.75) is 26.4 Å². The van der Waals surface area contributed by atoms with Crippen LogP contribution in [0.3, 0.4) is 0 Å². The van der Waals surface area contributed by atoms with Crippen LogP contribution < -0.4 is 0 Å². The first kappa shape index (κ1) is 14.7. The van der Waals surface area contributed by atoms with Crippen LogP contribution in [-0.4, -0.2) is 31.1 Å². The van der Waals surface area contributed by atoms with Gasteiger partial charge in [0, 0.05) is 0 Å². The Hall–Kier alpha value is -2.18. The van der Waals surface area contributed by atoms with Crippen molar-refractivity contribution in [3.05, 3.63) is 57.8 Å². The molecule has 1 heterocycles. The third-order valence-electron chi connectivity index (χ3n) is 3.57. The van der Waals surface area contributed by atoms with E-state index >= 15 is 0 Å². The summed E-state index contributed by atoms with van der Waals surface area (Å²) in [5.41, 5.74) is 3.71. The van der Waals surface area contributed by atoms with Gasteiger partial charge in [-0.2, -0.15) is 5.10 Å². The number of nitrogens with zero attached hydrogens (tertiary/aromatic N) is 2. The molecule has 3 N–H and O–H groups in total. The first-order valence-corrected chi connectivity index (χ1v) is 7.42. The van der Waals surface area contributed by atoms with Gasteiger partial charge in [0.1, 0.15) is 5.76 Å². The van der Waals surface area contributed by atoms with Gasteiger partial charge >= 0.3 is 0 Å². The molecule has 3 rings (SSSR count). The maximum absolute atomic E-state index is 10.1. The Labute approximate surface area is 133 Å². The summed E-state index contributed by atoms with van der Waals surface area (Å²) in [6.07, 6.45) is 2.95. The van der Waals surface area contributed by atoms with Crippen molar-refractivity contribution in [1.29, 1.82) is 0 Å². The summed E-state index contributed by atoms with van der Waals surface area (Å²) in [6.45, 7) is 4.04. The minimum Gasteiger partial charge on any atom is -0.507 e. The molecule has 0 amide bonds. The highest BCUT2D eigenvalue weighted by molar-refractivity contribution is 7.71. The highest BCUT2D eigenvalue weighted by atomic mass is 32.1. The SMILES string of the molecule is Cc1cc(C)cc(-n2c(C3=CCC(O)C=C3O)n[nH]c2=S)c1. The number of hydrogen-bond acceptors (Lipinski definition) is 4. The Balaban J connectivity index is 2.17. The highest BCUT2D eigenvalue weighted by Crippen LogP contribution is 2.27. The fourth-order valence-electron chi connectivity index (χ4n) is 2.69. The van der Waals surface area contributed by atoms with Gasteiger partial charge < -0.3 is 10.2 Å². The summed E-state index contributed by atoms with van der Waals surface area (Å²) < 4.78 is 2.25. The number of aryl methyl sites for hydroxylation is 2. The quantitative estimate of drug-likeness (QED) is 0.744. The number of nitrogens with one attached hydrogen (secondary N) is 1. The second-order valence-corrected chi connectivity index (χ2v) is 5.89. The lowest BCUT2D eigenvalue weighted by Crippen LogP contribution is -2.11. The molecule has 0 saturated carbocycles. The van der Waals surface area contributed by atoms with Crippen LogP contribution in [0.1, 0.15) is 23.4 Å². The predicted molar refractivity (Wildman–Crippen MR) is 87.5 cm³/mol. The van der Waals surface area contributed by atoms with Crippen molar-refractivity contribution < 1.29 is 10.2 Å². The number of allylic oxidation sites excluding steroid dienone is 1. The Bertz CT molecular complexity index is 825. The van der Waals surface area contributed by atoms with Gasteiger partial charge in [-0.05, 0) is 61.8 Å². The maximum Gasteiger partial charge on any atom is 0.200 e. The molecule has 22 heavy (non-hydrogen) atoms. The molecule has 0 bridgehead atoms. The Morgan fingerprint density at radius 1 is 1.27 bits per heavy atom. The van der Waals surface area contributed by atoms with Crippen LogP contribution in [0.4, 0.5) is 0 Å². The Morgan fingerprint density at radius 2 is 1.95 bits per heavy atom. The van der Waals surface area contributed by atoms with Gasteiger partial charge in [0.05, 0.1) is 17.4 Å². The number of aromatic nitrogens is 3. The maximum atomic E-state index is 10.1. The molecule has 1 aromatic heterocycles. The van der Waals surface area contributed by atoms with Gasteiger partial charge in [0.15, 0.2) is 10.6 Å². The molecule has 0 aliphatic heterocycles. The molecule has 1 aliphatic carbocycles. The largest absolute Gasteiger partial charge is 0.507 e. The van der Waals surface area contributed by atoms with Gasteiger partial charge in [-0.3, -0.25) is 9.67 Å². The number of aliphatic hydroxyl groups is 2. The molecule has 0 saturated heterocycles. The van der Waals surface area contributed by atoms with E-state index in [4.69, 9.17) is 12.2 Å². The fourth-order valence-corrected chi connectivity index (χ4v) is 2.92. The van der Waals surface area contributed by atoms with E-state index in [2.05, 4.69) is 16.3 Å². The summed E-state index contributed by atoms with van der Waals surface area (Å²) in [4.78, 5) is 0. The van der Waals surface area contributed by atoms with Crippen LogP contribution in [0.15, 0.2) is 36.1 Å².